The Bertz CT molecular complexity index is 1830. The second-order valence-corrected chi connectivity index (χ2v) is 23.6. The lowest BCUT2D eigenvalue weighted by atomic mass is 10.0. The van der Waals surface area contributed by atoms with E-state index in [0.717, 1.165) is 128 Å². The van der Waals surface area contributed by atoms with Crippen LogP contribution in [0.2, 0.25) is 0 Å². The molecular formula is C81H134O5. The van der Waals surface area contributed by atoms with Gasteiger partial charge in [0.2, 0.25) is 0 Å². The first kappa shape index (κ1) is 81.5. The average Bonchev–Trinajstić information content (AvgIpc) is 3.55. The Labute approximate surface area is 532 Å². The van der Waals surface area contributed by atoms with Crippen molar-refractivity contribution in [1.82, 2.24) is 0 Å². The molecule has 0 saturated heterocycles. The summed E-state index contributed by atoms with van der Waals surface area (Å²) < 4.78 is 10.7. The molecule has 0 heterocycles. The Balaban J connectivity index is 3.50. The lowest BCUT2D eigenvalue weighted by Crippen LogP contribution is -2.28. The number of carbonyl (C=O) groups is 2. The van der Waals surface area contributed by atoms with E-state index in [9.17, 15) is 14.7 Å². The molecule has 1 atom stereocenters. The highest BCUT2D eigenvalue weighted by molar-refractivity contribution is 5.70. The predicted octanol–water partition coefficient (Wildman–Crippen LogP) is 25.4. The van der Waals surface area contributed by atoms with Gasteiger partial charge < -0.3 is 14.6 Å². The average molecular weight is 1190 g/mol. The molecule has 0 spiro atoms. The van der Waals surface area contributed by atoms with Crippen molar-refractivity contribution in [2.24, 2.45) is 0 Å². The largest absolute Gasteiger partial charge is 0.462 e. The monoisotopic (exact) mass is 1190 g/mol. The van der Waals surface area contributed by atoms with E-state index in [4.69, 9.17) is 9.47 Å². The molecule has 0 amide bonds. The van der Waals surface area contributed by atoms with E-state index in [0.29, 0.717) is 12.8 Å². The number of unbranched alkanes of at least 4 members (excludes halogenated alkanes) is 31. The van der Waals surface area contributed by atoms with E-state index >= 15 is 0 Å². The Hall–Kier alpha value is -4.48. The summed E-state index contributed by atoms with van der Waals surface area (Å²) in [6.07, 6.45) is 114. The Morgan fingerprint density at radius 1 is 0.267 bits per heavy atom. The van der Waals surface area contributed by atoms with Gasteiger partial charge in [-0.05, 0) is 122 Å². The second-order valence-electron chi connectivity index (χ2n) is 23.6. The minimum absolute atomic E-state index is 0.0853. The summed E-state index contributed by atoms with van der Waals surface area (Å²) in [6.45, 7) is 3.90. The molecule has 0 fully saturated rings. The van der Waals surface area contributed by atoms with Gasteiger partial charge in [-0.3, -0.25) is 9.59 Å². The predicted molar refractivity (Wildman–Crippen MR) is 380 cm³/mol. The van der Waals surface area contributed by atoms with Crippen molar-refractivity contribution in [3.63, 3.8) is 0 Å². The quantitative estimate of drug-likeness (QED) is 0.0373. The van der Waals surface area contributed by atoms with Crippen LogP contribution in [-0.2, 0) is 19.1 Å². The van der Waals surface area contributed by atoms with Crippen molar-refractivity contribution in [3.05, 3.63) is 158 Å². The van der Waals surface area contributed by atoms with Gasteiger partial charge in [0, 0.05) is 12.8 Å². The van der Waals surface area contributed by atoms with E-state index in [-0.39, 0.29) is 25.2 Å². The fourth-order valence-corrected chi connectivity index (χ4v) is 10.0. The highest BCUT2D eigenvalue weighted by atomic mass is 16.6. The first-order valence-electron chi connectivity index (χ1n) is 36.0. The zero-order valence-corrected chi connectivity index (χ0v) is 56.0. The molecule has 86 heavy (non-hydrogen) atoms. The molecule has 0 aromatic rings. The van der Waals surface area contributed by atoms with Crippen molar-refractivity contribution < 1.29 is 24.2 Å². The number of carbonyl (C=O) groups excluding carboxylic acids is 2. The highest BCUT2D eigenvalue weighted by Crippen LogP contribution is 2.18. The van der Waals surface area contributed by atoms with Crippen molar-refractivity contribution >= 4 is 11.9 Å². The fourth-order valence-electron chi connectivity index (χ4n) is 10.0. The number of aliphatic hydroxyl groups excluding tert-OH is 1. The molecular weight excluding hydrogens is 1050 g/mol. The number of hydrogen-bond acceptors (Lipinski definition) is 5. The van der Waals surface area contributed by atoms with Crippen molar-refractivity contribution in [2.45, 2.75) is 328 Å². The van der Waals surface area contributed by atoms with Crippen LogP contribution in [0.4, 0.5) is 0 Å². The topological polar surface area (TPSA) is 72.8 Å². The third kappa shape index (κ3) is 72.0. The van der Waals surface area contributed by atoms with Gasteiger partial charge in [0.05, 0.1) is 6.61 Å². The Kier molecular flexibility index (Phi) is 70.9. The van der Waals surface area contributed by atoms with E-state index in [1.807, 2.05) is 0 Å². The summed E-state index contributed by atoms with van der Waals surface area (Å²) in [4.78, 5) is 24.6. The van der Waals surface area contributed by atoms with Gasteiger partial charge in [0.15, 0.2) is 6.10 Å². The van der Waals surface area contributed by atoms with E-state index in [2.05, 4.69) is 172 Å². The third-order valence-electron chi connectivity index (χ3n) is 15.3. The minimum Gasteiger partial charge on any atom is -0.462 e. The van der Waals surface area contributed by atoms with Gasteiger partial charge in [-0.15, -0.1) is 0 Å². The van der Waals surface area contributed by atoms with Gasteiger partial charge in [-0.1, -0.05) is 345 Å². The summed E-state index contributed by atoms with van der Waals surface area (Å²) in [5, 5.41) is 9.70. The molecule has 0 saturated carbocycles. The second kappa shape index (κ2) is 74.8. The molecule has 488 valence electrons. The summed E-state index contributed by atoms with van der Waals surface area (Å²) in [5.74, 6) is -0.627. The van der Waals surface area contributed by atoms with Crippen LogP contribution >= 0.6 is 0 Å². The lowest BCUT2D eigenvalue weighted by Gasteiger charge is -2.15. The lowest BCUT2D eigenvalue weighted by molar-refractivity contribution is -0.161. The molecule has 0 aromatic heterocycles. The van der Waals surface area contributed by atoms with Gasteiger partial charge in [-0.2, -0.15) is 0 Å². The summed E-state index contributed by atoms with van der Waals surface area (Å²) >= 11 is 0. The molecule has 0 aromatic carbocycles. The smallest absolute Gasteiger partial charge is 0.306 e. The van der Waals surface area contributed by atoms with Crippen LogP contribution in [0.1, 0.15) is 322 Å². The van der Waals surface area contributed by atoms with Crippen LogP contribution in [0, 0.1) is 0 Å². The van der Waals surface area contributed by atoms with Crippen LogP contribution < -0.4 is 0 Å². The van der Waals surface area contributed by atoms with Crippen molar-refractivity contribution in [3.8, 4) is 0 Å². The fraction of sp³-hybridized carbons (Fsp3) is 0.654. The van der Waals surface area contributed by atoms with Crippen LogP contribution in [0.15, 0.2) is 158 Å². The van der Waals surface area contributed by atoms with Gasteiger partial charge in [0.25, 0.3) is 0 Å². The molecule has 0 aliphatic carbocycles. The Morgan fingerprint density at radius 3 is 0.709 bits per heavy atom. The molecule has 5 heteroatoms. The molecule has 5 nitrogen and oxygen atoms in total. The number of rotatable bonds is 65. The van der Waals surface area contributed by atoms with Gasteiger partial charge in [0.1, 0.15) is 6.61 Å². The normalized spacial score (nSPS) is 13.2. The summed E-state index contributed by atoms with van der Waals surface area (Å²) in [7, 11) is 0. The number of hydrogen-bond donors (Lipinski definition) is 1. The maximum Gasteiger partial charge on any atom is 0.306 e. The zero-order valence-electron chi connectivity index (χ0n) is 56.0. The number of ether oxygens (including phenoxy) is 2. The maximum atomic E-state index is 12.4. The van der Waals surface area contributed by atoms with E-state index in [1.165, 1.54) is 167 Å². The molecule has 0 aliphatic heterocycles. The third-order valence-corrected chi connectivity index (χ3v) is 15.3. The first-order valence-corrected chi connectivity index (χ1v) is 36.0. The molecule has 0 bridgehead atoms. The van der Waals surface area contributed by atoms with Crippen LogP contribution in [-0.4, -0.2) is 36.4 Å². The van der Waals surface area contributed by atoms with Crippen molar-refractivity contribution in [2.75, 3.05) is 13.2 Å². The summed E-state index contributed by atoms with van der Waals surface area (Å²) in [5.41, 5.74) is 0. The highest BCUT2D eigenvalue weighted by Gasteiger charge is 2.16. The number of aliphatic hydroxyl groups is 1. The molecule has 0 radical (unpaired) electrons. The van der Waals surface area contributed by atoms with E-state index in [1.54, 1.807) is 0 Å². The van der Waals surface area contributed by atoms with Crippen molar-refractivity contribution in [1.29, 1.82) is 0 Å². The van der Waals surface area contributed by atoms with Gasteiger partial charge in [-0.25, -0.2) is 0 Å². The maximum absolute atomic E-state index is 12.4. The Morgan fingerprint density at radius 2 is 0.465 bits per heavy atom. The SMILES string of the molecule is CC/C=C\C/C=C\C/C=C\C/C=C\C/C=C\C/C=C\C/C=C\C/C=C\C/C=C\CCCCCC(=O)OC(CO)COC(=O)CCCCCCCCCCCCCCCCCCCCCCCCCCCCCC/C=C\C/C=C\C/C=C\C/C=C\CC. The standard InChI is InChI=1S/C81H134O5/c1-3-5-7-9-11-13-15-17-19-21-23-25-27-29-31-33-35-36-37-38-39-40-41-42-43-44-46-47-49-51-53-55-57-59-61-63-65-67-69-71-73-75-80(83)85-78-79(77-82)86-81(84)76-74-72-70-68-66-64-62-60-58-56-54-52-50-48-45-34-32-30-28-26-24-22-20-18-16-14-12-10-8-6-4-2/h5-8,11-14,17-20,23-26,30,32,45,48,52,54,58,60,64,66,79,82H,3-4,9-10,15-16,21-22,27-29,31,33-44,46-47,49-51,53,55-57,59,61-63,65,67-78H2,1-2H3/b7-5-,8-6-,13-11-,14-12-,19-17-,20-18-,25-23-,26-24-,32-30-,48-45-,54-52-,60-58-,66-64-. The van der Waals surface area contributed by atoms with Crippen LogP contribution in [0.5, 0.6) is 0 Å². The summed E-state index contributed by atoms with van der Waals surface area (Å²) in [6, 6.07) is 0. The molecule has 0 rings (SSSR count). The first-order chi connectivity index (χ1) is 42.6. The van der Waals surface area contributed by atoms with Crippen LogP contribution in [0.3, 0.4) is 0 Å². The molecule has 1 N–H and O–H groups in total. The minimum atomic E-state index is -0.801. The zero-order chi connectivity index (χ0) is 61.9. The van der Waals surface area contributed by atoms with E-state index < -0.39 is 6.10 Å². The molecule has 0 aliphatic rings. The van der Waals surface area contributed by atoms with Gasteiger partial charge >= 0.3 is 11.9 Å². The number of allylic oxidation sites excluding steroid dienone is 26. The molecule has 1 unspecified atom stereocenters. The van der Waals surface area contributed by atoms with Crippen LogP contribution in [0.25, 0.3) is 0 Å². The number of esters is 2.